The van der Waals surface area contributed by atoms with E-state index in [2.05, 4.69) is 20.8 Å². The summed E-state index contributed by atoms with van der Waals surface area (Å²) in [4.78, 5) is 36.6. The summed E-state index contributed by atoms with van der Waals surface area (Å²) in [5, 5.41) is 20.8. The van der Waals surface area contributed by atoms with Gasteiger partial charge >= 0.3 is 11.9 Å². The zero-order valence-corrected chi connectivity index (χ0v) is 19.1. The van der Waals surface area contributed by atoms with Gasteiger partial charge in [-0.25, -0.2) is 0 Å². The third kappa shape index (κ3) is 3.12. The Morgan fingerprint density at radius 1 is 1.16 bits per heavy atom. The van der Waals surface area contributed by atoms with Crippen molar-refractivity contribution < 1.29 is 29.3 Å². The van der Waals surface area contributed by atoms with Crippen molar-refractivity contribution in [3.63, 3.8) is 0 Å². The number of carboxylic acids is 1. The van der Waals surface area contributed by atoms with Crippen molar-refractivity contribution in [2.75, 3.05) is 7.11 Å². The Labute approximate surface area is 184 Å². The third-order valence-corrected chi connectivity index (χ3v) is 10.0. The molecular weight excluding hydrogens is 396 g/mol. The molecule has 4 unspecified atom stereocenters. The topological polar surface area (TPSA) is 101 Å². The second-order valence-electron chi connectivity index (χ2n) is 11.0. The lowest BCUT2D eigenvalue weighted by atomic mass is 9.42. The van der Waals surface area contributed by atoms with Crippen molar-refractivity contribution in [3.05, 3.63) is 11.6 Å². The molecule has 3 saturated carbocycles. The highest BCUT2D eigenvalue weighted by Crippen LogP contribution is 2.70. The molecule has 0 spiro atoms. The van der Waals surface area contributed by atoms with Gasteiger partial charge in [-0.2, -0.15) is 0 Å². The Kier molecular flexibility index (Phi) is 5.39. The van der Waals surface area contributed by atoms with Crippen molar-refractivity contribution in [1.82, 2.24) is 0 Å². The van der Waals surface area contributed by atoms with E-state index < -0.39 is 17.0 Å². The molecule has 0 aliphatic heterocycles. The first-order chi connectivity index (χ1) is 14.5. The van der Waals surface area contributed by atoms with Crippen LogP contribution < -0.4 is 0 Å². The van der Waals surface area contributed by atoms with Crippen LogP contribution in [0.3, 0.4) is 0 Å². The Balaban J connectivity index is 1.78. The SMILES string of the molecule is COC(=O)C1C2C(CC[C@@]3(C)C2CC[C@@]3(O)CCC(=O)O)[C@@]2(C)CCC(=O)C=C2[C@@H]1C. The Bertz CT molecular complexity index is 832. The van der Waals surface area contributed by atoms with E-state index in [-0.39, 0.29) is 59.6 Å². The Hall–Kier alpha value is -1.69. The molecule has 0 bridgehead atoms. The summed E-state index contributed by atoms with van der Waals surface area (Å²) >= 11 is 0. The number of hydrogen-bond donors (Lipinski definition) is 2. The van der Waals surface area contributed by atoms with Gasteiger partial charge in [0.25, 0.3) is 0 Å². The molecular formula is C25H36O6. The Morgan fingerprint density at radius 3 is 2.48 bits per heavy atom. The molecule has 31 heavy (non-hydrogen) atoms. The maximum atomic E-state index is 13.1. The molecule has 3 fully saturated rings. The van der Waals surface area contributed by atoms with E-state index in [0.717, 1.165) is 31.3 Å². The van der Waals surface area contributed by atoms with Crippen molar-refractivity contribution in [2.24, 2.45) is 40.4 Å². The number of esters is 1. The van der Waals surface area contributed by atoms with Crippen molar-refractivity contribution in [3.8, 4) is 0 Å². The number of hydrogen-bond acceptors (Lipinski definition) is 5. The minimum Gasteiger partial charge on any atom is -0.481 e. The second kappa shape index (κ2) is 7.43. The number of ether oxygens (including phenoxy) is 1. The molecule has 172 valence electrons. The monoisotopic (exact) mass is 432 g/mol. The van der Waals surface area contributed by atoms with Gasteiger partial charge in [0.1, 0.15) is 0 Å². The minimum atomic E-state index is -1.02. The summed E-state index contributed by atoms with van der Waals surface area (Å²) in [6.45, 7) is 6.43. The van der Waals surface area contributed by atoms with Gasteiger partial charge in [-0.05, 0) is 79.1 Å². The van der Waals surface area contributed by atoms with Crippen LogP contribution in [0.1, 0.15) is 72.1 Å². The fraction of sp³-hybridized carbons (Fsp3) is 0.800. The zero-order valence-electron chi connectivity index (χ0n) is 19.1. The van der Waals surface area contributed by atoms with Crippen LogP contribution in [0, 0.1) is 40.4 Å². The van der Waals surface area contributed by atoms with E-state index in [1.165, 1.54) is 7.11 Å². The zero-order chi connectivity index (χ0) is 22.8. The molecule has 2 N–H and O–H groups in total. The van der Waals surface area contributed by atoms with Crippen molar-refractivity contribution in [2.45, 2.75) is 77.7 Å². The summed E-state index contributed by atoms with van der Waals surface area (Å²) in [5.41, 5.74) is -0.462. The second-order valence-corrected chi connectivity index (χ2v) is 11.0. The number of aliphatic hydroxyl groups is 1. The van der Waals surface area contributed by atoms with Crippen LogP contribution in [-0.2, 0) is 19.1 Å². The number of carbonyl (C=O) groups is 3. The van der Waals surface area contributed by atoms with E-state index in [9.17, 15) is 24.6 Å². The first-order valence-corrected chi connectivity index (χ1v) is 11.8. The van der Waals surface area contributed by atoms with Crippen LogP contribution in [0.25, 0.3) is 0 Å². The molecule has 0 aromatic carbocycles. The number of fused-ring (bicyclic) bond motifs is 5. The largest absolute Gasteiger partial charge is 0.481 e. The molecule has 0 aromatic heterocycles. The molecule has 6 heteroatoms. The summed E-state index contributed by atoms with van der Waals surface area (Å²) in [6, 6.07) is 0. The summed E-state index contributed by atoms with van der Waals surface area (Å²) in [7, 11) is 1.43. The lowest BCUT2D eigenvalue weighted by Crippen LogP contribution is -2.60. The number of aliphatic carboxylic acids is 1. The lowest BCUT2D eigenvalue weighted by molar-refractivity contribution is -0.174. The van der Waals surface area contributed by atoms with Crippen LogP contribution in [-0.4, -0.2) is 40.6 Å². The van der Waals surface area contributed by atoms with Gasteiger partial charge in [0.05, 0.1) is 18.6 Å². The fourth-order valence-corrected chi connectivity index (χ4v) is 8.29. The number of methoxy groups -OCH3 is 1. The maximum absolute atomic E-state index is 13.1. The molecule has 4 aliphatic rings. The predicted molar refractivity (Wildman–Crippen MR) is 114 cm³/mol. The highest BCUT2D eigenvalue weighted by Gasteiger charge is 2.67. The standard InChI is InChI=1S/C25H36O6/c1-14-18-13-15(26)5-9-23(18,2)16-6-10-24(3)17(21(16)20(14)22(29)31-4)7-11-25(24,30)12-8-19(27)28/h13-14,16-17,20-21,30H,5-12H2,1-4H3,(H,27,28)/t14-,16?,17?,20?,21?,23+,24-,25+/m0/s1. The van der Waals surface area contributed by atoms with Gasteiger partial charge in [0.15, 0.2) is 5.78 Å². The number of ketones is 1. The number of carboxylic acid groups (broad SMARTS) is 1. The normalized spacial score (nSPS) is 46.4. The molecule has 0 heterocycles. The van der Waals surface area contributed by atoms with Crippen molar-refractivity contribution in [1.29, 1.82) is 0 Å². The molecule has 0 amide bonds. The summed E-state index contributed by atoms with van der Waals surface area (Å²) < 4.78 is 5.27. The van der Waals surface area contributed by atoms with Crippen LogP contribution in [0.4, 0.5) is 0 Å². The van der Waals surface area contributed by atoms with Crippen molar-refractivity contribution >= 4 is 17.7 Å². The van der Waals surface area contributed by atoms with E-state index in [4.69, 9.17) is 4.74 Å². The number of rotatable bonds is 4. The summed E-state index contributed by atoms with van der Waals surface area (Å²) in [6.07, 6.45) is 6.41. The Morgan fingerprint density at radius 2 is 1.84 bits per heavy atom. The van der Waals surface area contributed by atoms with Gasteiger partial charge in [0, 0.05) is 12.8 Å². The molecule has 0 saturated heterocycles. The number of allylic oxidation sites excluding steroid dienone is 1. The first kappa shape index (κ1) is 22.5. The van der Waals surface area contributed by atoms with Crippen LogP contribution in [0.5, 0.6) is 0 Å². The molecule has 4 aliphatic carbocycles. The summed E-state index contributed by atoms with van der Waals surface area (Å²) in [5.74, 6) is -0.943. The van der Waals surface area contributed by atoms with Crippen LogP contribution >= 0.6 is 0 Å². The van der Waals surface area contributed by atoms with Gasteiger partial charge < -0.3 is 14.9 Å². The highest BCUT2D eigenvalue weighted by atomic mass is 16.5. The van der Waals surface area contributed by atoms with Gasteiger partial charge in [0.2, 0.25) is 0 Å². The van der Waals surface area contributed by atoms with E-state index in [0.29, 0.717) is 12.8 Å². The average Bonchev–Trinajstić information content (AvgIpc) is 2.99. The van der Waals surface area contributed by atoms with E-state index in [1.54, 1.807) is 6.08 Å². The van der Waals surface area contributed by atoms with Gasteiger partial charge in [-0.15, -0.1) is 0 Å². The number of carbonyl (C=O) groups excluding carboxylic acids is 2. The predicted octanol–water partition coefficient (Wildman–Crippen LogP) is 3.76. The molecule has 0 aromatic rings. The van der Waals surface area contributed by atoms with Crippen LogP contribution in [0.15, 0.2) is 11.6 Å². The molecule has 8 atom stereocenters. The first-order valence-electron chi connectivity index (χ1n) is 11.8. The average molecular weight is 433 g/mol. The quantitative estimate of drug-likeness (QED) is 0.656. The van der Waals surface area contributed by atoms with Crippen LogP contribution in [0.2, 0.25) is 0 Å². The van der Waals surface area contributed by atoms with E-state index in [1.807, 2.05) is 0 Å². The third-order valence-electron chi connectivity index (χ3n) is 10.0. The molecule has 0 radical (unpaired) electrons. The highest BCUT2D eigenvalue weighted by molar-refractivity contribution is 5.92. The molecule has 4 rings (SSSR count). The van der Waals surface area contributed by atoms with Gasteiger partial charge in [-0.1, -0.05) is 26.3 Å². The smallest absolute Gasteiger partial charge is 0.309 e. The maximum Gasteiger partial charge on any atom is 0.309 e. The van der Waals surface area contributed by atoms with E-state index >= 15 is 0 Å². The minimum absolute atomic E-state index is 0.0452. The lowest BCUT2D eigenvalue weighted by Gasteiger charge is -2.62. The fourth-order valence-electron chi connectivity index (χ4n) is 8.29. The van der Waals surface area contributed by atoms with Gasteiger partial charge in [-0.3, -0.25) is 14.4 Å². The molecule has 6 nitrogen and oxygen atoms in total.